The fourth-order valence-corrected chi connectivity index (χ4v) is 4.24. The molecule has 25 heavy (non-hydrogen) atoms. The number of nitrogens with zero attached hydrogens (tertiary/aromatic N) is 2. The maximum absolute atomic E-state index is 12.9. The van der Waals surface area contributed by atoms with Gasteiger partial charge in [0.05, 0.1) is 12.8 Å². The van der Waals surface area contributed by atoms with Crippen molar-refractivity contribution in [3.63, 3.8) is 0 Å². The molecular formula is C20H32N2O3. The topological polar surface area (TPSA) is 45.9 Å². The lowest BCUT2D eigenvalue weighted by molar-refractivity contribution is -0.139. The quantitative estimate of drug-likeness (QED) is 0.710. The summed E-state index contributed by atoms with van der Waals surface area (Å²) < 4.78 is 10.6. The van der Waals surface area contributed by atoms with Gasteiger partial charge in [-0.15, -0.1) is 0 Å². The lowest BCUT2D eigenvalue weighted by Crippen LogP contribution is -2.46. The van der Waals surface area contributed by atoms with Crippen LogP contribution in [0.25, 0.3) is 0 Å². The maximum atomic E-state index is 12.9. The molecular weight excluding hydrogens is 316 g/mol. The van der Waals surface area contributed by atoms with Gasteiger partial charge in [0.25, 0.3) is 0 Å². The van der Waals surface area contributed by atoms with Crippen molar-refractivity contribution in [2.75, 3.05) is 39.9 Å². The summed E-state index contributed by atoms with van der Waals surface area (Å²) in [5.74, 6) is 2.28. The Labute approximate surface area is 151 Å². The van der Waals surface area contributed by atoms with Crippen LogP contribution in [0.1, 0.15) is 44.3 Å². The first kappa shape index (κ1) is 18.5. The molecule has 1 unspecified atom stereocenters. The van der Waals surface area contributed by atoms with Crippen LogP contribution in [0, 0.1) is 11.8 Å². The van der Waals surface area contributed by atoms with E-state index in [0.29, 0.717) is 11.8 Å². The Balaban J connectivity index is 1.42. The summed E-state index contributed by atoms with van der Waals surface area (Å²) in [5.41, 5.74) is 0. The smallest absolute Gasteiger partial charge is 0.225 e. The Morgan fingerprint density at radius 2 is 2.12 bits per heavy atom. The normalized spacial score (nSPS) is 23.1. The largest absolute Gasteiger partial charge is 0.468 e. The summed E-state index contributed by atoms with van der Waals surface area (Å²) in [7, 11) is 1.76. The number of piperidine rings is 2. The molecule has 0 saturated carbocycles. The van der Waals surface area contributed by atoms with Crippen molar-refractivity contribution in [3.8, 4) is 0 Å². The molecule has 1 aromatic rings. The molecule has 5 heteroatoms. The Bertz CT molecular complexity index is 509. The molecule has 0 N–H and O–H groups in total. The first-order valence-electron chi connectivity index (χ1n) is 9.78. The van der Waals surface area contributed by atoms with Crippen molar-refractivity contribution < 1.29 is 13.9 Å². The minimum absolute atomic E-state index is 0.213. The summed E-state index contributed by atoms with van der Waals surface area (Å²) >= 11 is 0. The van der Waals surface area contributed by atoms with Gasteiger partial charge in [-0.1, -0.05) is 0 Å². The number of furan rings is 1. The minimum Gasteiger partial charge on any atom is -0.468 e. The first-order valence-corrected chi connectivity index (χ1v) is 9.78. The molecule has 0 spiro atoms. The molecule has 1 aromatic heterocycles. The standard InChI is InChI=1S/C20H32N2O3/c1-24-13-3-6-17-5-2-10-22(15-17)20(23)18-8-11-21(12-9-18)16-19-7-4-14-25-19/h4,7,14,17-18H,2-3,5-6,8-13,15-16H2,1H3. The van der Waals surface area contributed by atoms with Gasteiger partial charge in [0.2, 0.25) is 5.91 Å². The first-order chi connectivity index (χ1) is 12.3. The van der Waals surface area contributed by atoms with E-state index in [2.05, 4.69) is 9.80 Å². The highest BCUT2D eigenvalue weighted by Crippen LogP contribution is 2.26. The predicted octanol–water partition coefficient (Wildman–Crippen LogP) is 3.16. The summed E-state index contributed by atoms with van der Waals surface area (Å²) in [6.07, 6.45) is 8.38. The van der Waals surface area contributed by atoms with Gasteiger partial charge in [0, 0.05) is 32.7 Å². The zero-order valence-corrected chi connectivity index (χ0v) is 15.5. The Morgan fingerprint density at radius 1 is 1.28 bits per heavy atom. The van der Waals surface area contributed by atoms with Crippen LogP contribution in [-0.2, 0) is 16.1 Å². The number of rotatable bonds is 7. The Kier molecular flexibility index (Phi) is 6.93. The van der Waals surface area contributed by atoms with Gasteiger partial charge in [-0.2, -0.15) is 0 Å². The van der Waals surface area contributed by atoms with E-state index in [1.165, 1.54) is 12.8 Å². The second-order valence-corrected chi connectivity index (χ2v) is 7.56. The number of carbonyl (C=O) groups is 1. The SMILES string of the molecule is COCCCC1CCCN(C(=O)C2CCN(Cc3ccco3)CC2)C1. The Morgan fingerprint density at radius 3 is 2.84 bits per heavy atom. The molecule has 1 atom stereocenters. The number of hydrogen-bond donors (Lipinski definition) is 0. The lowest BCUT2D eigenvalue weighted by Gasteiger charge is -2.37. The van der Waals surface area contributed by atoms with E-state index in [-0.39, 0.29) is 5.92 Å². The third-order valence-electron chi connectivity index (χ3n) is 5.69. The fraction of sp³-hybridized carbons (Fsp3) is 0.750. The zero-order valence-electron chi connectivity index (χ0n) is 15.5. The number of carbonyl (C=O) groups excluding carboxylic acids is 1. The predicted molar refractivity (Wildman–Crippen MR) is 97.1 cm³/mol. The van der Waals surface area contributed by atoms with Crippen molar-refractivity contribution in [1.29, 1.82) is 0 Å². The molecule has 3 rings (SSSR count). The van der Waals surface area contributed by atoms with Crippen molar-refractivity contribution in [2.24, 2.45) is 11.8 Å². The molecule has 0 aliphatic carbocycles. The average molecular weight is 348 g/mol. The van der Waals surface area contributed by atoms with E-state index < -0.39 is 0 Å². The highest BCUT2D eigenvalue weighted by molar-refractivity contribution is 5.79. The second kappa shape index (κ2) is 9.39. The number of amides is 1. The molecule has 0 bridgehead atoms. The number of hydrogen-bond acceptors (Lipinski definition) is 4. The lowest BCUT2D eigenvalue weighted by atomic mass is 9.90. The van der Waals surface area contributed by atoms with Crippen molar-refractivity contribution >= 4 is 5.91 Å². The summed E-state index contributed by atoms with van der Waals surface area (Å²) in [5, 5.41) is 0. The van der Waals surface area contributed by atoms with Gasteiger partial charge >= 0.3 is 0 Å². The summed E-state index contributed by atoms with van der Waals surface area (Å²) in [4.78, 5) is 17.5. The molecule has 2 fully saturated rings. The third-order valence-corrected chi connectivity index (χ3v) is 5.69. The van der Waals surface area contributed by atoms with E-state index in [9.17, 15) is 4.79 Å². The van der Waals surface area contributed by atoms with Gasteiger partial charge in [-0.25, -0.2) is 0 Å². The minimum atomic E-state index is 0.213. The van der Waals surface area contributed by atoms with E-state index >= 15 is 0 Å². The Hall–Kier alpha value is -1.33. The molecule has 0 aromatic carbocycles. The molecule has 140 valence electrons. The summed E-state index contributed by atoms with van der Waals surface area (Å²) in [6.45, 7) is 5.57. The maximum Gasteiger partial charge on any atom is 0.225 e. The van der Waals surface area contributed by atoms with E-state index in [1.54, 1.807) is 13.4 Å². The van der Waals surface area contributed by atoms with Crippen LogP contribution in [0.2, 0.25) is 0 Å². The van der Waals surface area contributed by atoms with Gasteiger partial charge in [-0.3, -0.25) is 9.69 Å². The monoisotopic (exact) mass is 348 g/mol. The van der Waals surface area contributed by atoms with Crippen molar-refractivity contribution in [1.82, 2.24) is 9.80 Å². The van der Waals surface area contributed by atoms with E-state index in [1.807, 2.05) is 12.1 Å². The average Bonchev–Trinajstić information content (AvgIpc) is 3.15. The van der Waals surface area contributed by atoms with E-state index in [4.69, 9.17) is 9.15 Å². The molecule has 0 radical (unpaired) electrons. The molecule has 2 aliphatic heterocycles. The van der Waals surface area contributed by atoms with Crippen molar-refractivity contribution in [2.45, 2.75) is 45.1 Å². The van der Waals surface area contributed by atoms with Crippen LogP contribution >= 0.6 is 0 Å². The van der Waals surface area contributed by atoms with Crippen LogP contribution in [0.15, 0.2) is 22.8 Å². The van der Waals surface area contributed by atoms with Crippen LogP contribution in [-0.4, -0.2) is 55.6 Å². The molecule has 5 nitrogen and oxygen atoms in total. The summed E-state index contributed by atoms with van der Waals surface area (Å²) in [6, 6.07) is 3.96. The fourth-order valence-electron chi connectivity index (χ4n) is 4.24. The van der Waals surface area contributed by atoms with Gasteiger partial charge in [-0.05, 0) is 69.7 Å². The number of ether oxygens (including phenoxy) is 1. The van der Waals surface area contributed by atoms with Gasteiger partial charge in [0.15, 0.2) is 0 Å². The third kappa shape index (κ3) is 5.32. The highest BCUT2D eigenvalue weighted by atomic mass is 16.5. The zero-order chi connectivity index (χ0) is 17.5. The number of methoxy groups -OCH3 is 1. The van der Waals surface area contributed by atoms with Crippen LogP contribution in [0.5, 0.6) is 0 Å². The number of likely N-dealkylation sites (tertiary alicyclic amines) is 2. The molecule has 2 aliphatic rings. The molecule has 3 heterocycles. The van der Waals surface area contributed by atoms with Crippen LogP contribution in [0.4, 0.5) is 0 Å². The van der Waals surface area contributed by atoms with Crippen LogP contribution < -0.4 is 0 Å². The van der Waals surface area contributed by atoms with Gasteiger partial charge < -0.3 is 14.1 Å². The molecule has 2 saturated heterocycles. The van der Waals surface area contributed by atoms with Crippen LogP contribution in [0.3, 0.4) is 0 Å². The van der Waals surface area contributed by atoms with E-state index in [0.717, 1.165) is 70.8 Å². The van der Waals surface area contributed by atoms with Gasteiger partial charge in [0.1, 0.15) is 5.76 Å². The molecule has 1 amide bonds. The second-order valence-electron chi connectivity index (χ2n) is 7.56. The highest BCUT2D eigenvalue weighted by Gasteiger charge is 2.31. The van der Waals surface area contributed by atoms with Crippen molar-refractivity contribution in [3.05, 3.63) is 24.2 Å².